The van der Waals surface area contributed by atoms with Gasteiger partial charge in [-0.05, 0) is 44.0 Å². The first-order valence-electron chi connectivity index (χ1n) is 5.34. The Morgan fingerprint density at radius 3 is 2.88 bits per heavy atom. The predicted octanol–water partition coefficient (Wildman–Crippen LogP) is 2.21. The zero-order chi connectivity index (χ0) is 10.8. The number of halogens is 1. The summed E-state index contributed by atoms with van der Waals surface area (Å²) in [7, 11) is 0. The monoisotopic (exact) mass is 240 g/mol. The van der Waals surface area contributed by atoms with Crippen molar-refractivity contribution >= 4 is 24.0 Å². The number of hydrogen-bond acceptors (Lipinski definition) is 2. The van der Waals surface area contributed by atoms with E-state index in [0.717, 1.165) is 24.2 Å². The molecule has 0 aliphatic carbocycles. The molecule has 0 fully saturated rings. The number of nitrogens with one attached hydrogen (secondary N) is 2. The Hall–Kier alpha value is -1.22. The number of fused-ring (bicyclic) bond motifs is 1. The molecule has 88 valence electrons. The summed E-state index contributed by atoms with van der Waals surface area (Å²) in [4.78, 5) is 11.7. The van der Waals surface area contributed by atoms with Gasteiger partial charge in [-0.15, -0.1) is 12.4 Å². The molecule has 0 aromatic heterocycles. The molecule has 0 atom stereocenters. The Labute approximate surface area is 102 Å². The average molecular weight is 241 g/mol. The minimum atomic E-state index is 0. The third-order valence-corrected chi connectivity index (χ3v) is 2.50. The van der Waals surface area contributed by atoms with Crippen molar-refractivity contribution in [3.8, 4) is 0 Å². The maximum Gasteiger partial charge on any atom is 0.251 e. The lowest BCUT2D eigenvalue weighted by molar-refractivity contribution is 0.0943. The second-order valence-corrected chi connectivity index (χ2v) is 4.18. The summed E-state index contributed by atoms with van der Waals surface area (Å²) >= 11 is 0. The van der Waals surface area contributed by atoms with Crippen LogP contribution in [0.15, 0.2) is 18.2 Å². The minimum Gasteiger partial charge on any atom is -0.384 e. The van der Waals surface area contributed by atoms with Gasteiger partial charge in [-0.2, -0.15) is 0 Å². The zero-order valence-corrected chi connectivity index (χ0v) is 10.4. The highest BCUT2D eigenvalue weighted by Crippen LogP contribution is 2.22. The molecular formula is C12H17ClN2O. The van der Waals surface area contributed by atoms with E-state index in [9.17, 15) is 4.79 Å². The Bertz CT molecular complexity index is 391. The molecule has 0 bridgehead atoms. The molecule has 4 heteroatoms. The second-order valence-electron chi connectivity index (χ2n) is 4.18. The fourth-order valence-corrected chi connectivity index (χ4v) is 1.79. The third-order valence-electron chi connectivity index (χ3n) is 2.50. The molecule has 16 heavy (non-hydrogen) atoms. The molecule has 0 saturated carbocycles. The molecule has 3 nitrogen and oxygen atoms in total. The first kappa shape index (κ1) is 12.8. The highest BCUT2D eigenvalue weighted by atomic mass is 35.5. The van der Waals surface area contributed by atoms with Crippen LogP contribution in [0.3, 0.4) is 0 Å². The van der Waals surface area contributed by atoms with Crippen LogP contribution in [0.2, 0.25) is 0 Å². The quantitative estimate of drug-likeness (QED) is 0.832. The number of hydrogen-bond donors (Lipinski definition) is 2. The van der Waals surface area contributed by atoms with E-state index in [1.54, 1.807) is 0 Å². The first-order chi connectivity index (χ1) is 7.16. The third kappa shape index (κ3) is 2.67. The van der Waals surface area contributed by atoms with Crippen LogP contribution in [0.1, 0.15) is 29.8 Å². The second kappa shape index (κ2) is 5.21. The van der Waals surface area contributed by atoms with Crippen LogP contribution >= 0.6 is 12.4 Å². The normalized spacial score (nSPS) is 12.7. The van der Waals surface area contributed by atoms with E-state index in [0.29, 0.717) is 0 Å². The Morgan fingerprint density at radius 1 is 1.44 bits per heavy atom. The molecule has 1 aromatic rings. The lowest BCUT2D eigenvalue weighted by Crippen LogP contribution is -2.30. The summed E-state index contributed by atoms with van der Waals surface area (Å²) in [6.07, 6.45) is 1.01. The zero-order valence-electron chi connectivity index (χ0n) is 9.54. The van der Waals surface area contributed by atoms with Crippen molar-refractivity contribution in [3.05, 3.63) is 29.3 Å². The van der Waals surface area contributed by atoms with E-state index >= 15 is 0 Å². The fraction of sp³-hybridized carbons (Fsp3) is 0.417. The lowest BCUT2D eigenvalue weighted by atomic mass is 10.1. The van der Waals surface area contributed by atoms with Gasteiger partial charge < -0.3 is 10.6 Å². The van der Waals surface area contributed by atoms with Crippen LogP contribution in [0.4, 0.5) is 5.69 Å². The Kier molecular flexibility index (Phi) is 4.19. The van der Waals surface area contributed by atoms with Crippen molar-refractivity contribution in [1.29, 1.82) is 0 Å². The predicted molar refractivity (Wildman–Crippen MR) is 68.5 cm³/mol. The molecule has 0 radical (unpaired) electrons. The maximum absolute atomic E-state index is 11.7. The summed E-state index contributed by atoms with van der Waals surface area (Å²) in [5.74, 6) is 0.0136. The van der Waals surface area contributed by atoms with Gasteiger partial charge in [0, 0.05) is 23.8 Å². The van der Waals surface area contributed by atoms with Crippen LogP contribution in [0.25, 0.3) is 0 Å². The van der Waals surface area contributed by atoms with Gasteiger partial charge in [0.1, 0.15) is 0 Å². The molecule has 1 aliphatic heterocycles. The molecule has 2 rings (SSSR count). The minimum absolute atomic E-state index is 0. The van der Waals surface area contributed by atoms with Crippen LogP contribution < -0.4 is 10.6 Å². The number of benzene rings is 1. The van der Waals surface area contributed by atoms with E-state index in [1.165, 1.54) is 5.56 Å². The molecule has 1 heterocycles. The van der Waals surface area contributed by atoms with E-state index in [1.807, 2.05) is 32.0 Å². The van der Waals surface area contributed by atoms with E-state index in [4.69, 9.17) is 0 Å². The van der Waals surface area contributed by atoms with Crippen molar-refractivity contribution in [3.63, 3.8) is 0 Å². The standard InChI is InChI=1S/C12H16N2O.ClH/c1-8(2)14-12(15)10-3-4-11-9(7-10)5-6-13-11;/h3-4,7-8,13H,5-6H2,1-2H3,(H,14,15);1H. The molecule has 0 spiro atoms. The average Bonchev–Trinajstić information content (AvgIpc) is 2.62. The van der Waals surface area contributed by atoms with Crippen molar-refractivity contribution in [2.75, 3.05) is 11.9 Å². The molecule has 1 amide bonds. The van der Waals surface area contributed by atoms with Gasteiger partial charge in [-0.1, -0.05) is 0 Å². The number of amides is 1. The smallest absolute Gasteiger partial charge is 0.251 e. The highest BCUT2D eigenvalue weighted by Gasteiger charge is 2.13. The van der Waals surface area contributed by atoms with Gasteiger partial charge >= 0.3 is 0 Å². The van der Waals surface area contributed by atoms with Crippen LogP contribution in [0.5, 0.6) is 0 Å². The van der Waals surface area contributed by atoms with Crippen LogP contribution in [-0.2, 0) is 6.42 Å². The Balaban J connectivity index is 0.00000128. The van der Waals surface area contributed by atoms with Gasteiger partial charge in [-0.25, -0.2) is 0 Å². The maximum atomic E-state index is 11.7. The van der Waals surface area contributed by atoms with Gasteiger partial charge in [0.05, 0.1) is 0 Å². The van der Waals surface area contributed by atoms with Crippen molar-refractivity contribution in [1.82, 2.24) is 5.32 Å². The highest BCUT2D eigenvalue weighted by molar-refractivity contribution is 5.95. The summed E-state index contributed by atoms with van der Waals surface area (Å²) in [5, 5.41) is 6.17. The number of anilines is 1. The van der Waals surface area contributed by atoms with Crippen molar-refractivity contribution in [2.24, 2.45) is 0 Å². The fourth-order valence-electron chi connectivity index (χ4n) is 1.79. The lowest BCUT2D eigenvalue weighted by Gasteiger charge is -2.09. The van der Waals surface area contributed by atoms with E-state index < -0.39 is 0 Å². The topological polar surface area (TPSA) is 41.1 Å². The number of rotatable bonds is 2. The van der Waals surface area contributed by atoms with Gasteiger partial charge in [-0.3, -0.25) is 4.79 Å². The van der Waals surface area contributed by atoms with Crippen molar-refractivity contribution < 1.29 is 4.79 Å². The molecule has 2 N–H and O–H groups in total. The summed E-state index contributed by atoms with van der Waals surface area (Å²) < 4.78 is 0. The summed E-state index contributed by atoms with van der Waals surface area (Å²) in [5.41, 5.74) is 3.16. The van der Waals surface area contributed by atoms with Crippen LogP contribution in [-0.4, -0.2) is 18.5 Å². The number of carbonyl (C=O) groups excluding carboxylic acids is 1. The molecular weight excluding hydrogens is 224 g/mol. The van der Waals surface area contributed by atoms with Crippen molar-refractivity contribution in [2.45, 2.75) is 26.3 Å². The number of carbonyl (C=O) groups is 1. The van der Waals surface area contributed by atoms with Crippen LogP contribution in [0, 0.1) is 0 Å². The van der Waals surface area contributed by atoms with E-state index in [2.05, 4.69) is 10.6 Å². The molecule has 1 aliphatic rings. The van der Waals surface area contributed by atoms with E-state index in [-0.39, 0.29) is 24.4 Å². The molecule has 0 unspecified atom stereocenters. The SMILES string of the molecule is CC(C)NC(=O)c1ccc2c(c1)CCN2.Cl. The molecule has 0 saturated heterocycles. The van der Waals surface area contributed by atoms with Gasteiger partial charge in [0.15, 0.2) is 0 Å². The largest absolute Gasteiger partial charge is 0.384 e. The Morgan fingerprint density at radius 2 is 2.19 bits per heavy atom. The molecule has 1 aromatic carbocycles. The first-order valence-corrected chi connectivity index (χ1v) is 5.34. The summed E-state index contributed by atoms with van der Waals surface area (Å²) in [6, 6.07) is 6.02. The summed E-state index contributed by atoms with van der Waals surface area (Å²) in [6.45, 7) is 4.91. The van der Waals surface area contributed by atoms with Gasteiger partial charge in [0.25, 0.3) is 5.91 Å². The van der Waals surface area contributed by atoms with Gasteiger partial charge in [0.2, 0.25) is 0 Å².